The molecule has 0 N–H and O–H groups in total. The fraction of sp³-hybridized carbons (Fsp3) is 0.833. The zero-order valence-electron chi connectivity index (χ0n) is 12.5. The van der Waals surface area contributed by atoms with E-state index in [-0.39, 0.29) is 29.3 Å². The van der Waals surface area contributed by atoms with Gasteiger partial charge in [0.1, 0.15) is 0 Å². The Morgan fingerprint density at radius 3 is 1.11 bits per heavy atom. The Labute approximate surface area is 128 Å². The monoisotopic (exact) mass is 324 g/mol. The van der Waals surface area contributed by atoms with E-state index in [4.69, 9.17) is 0 Å². The minimum Gasteiger partial charge on any atom is -0.343 e. The fourth-order valence-electron chi connectivity index (χ4n) is 1.05. The van der Waals surface area contributed by atoms with Crippen LogP contribution in [0.15, 0.2) is 0 Å². The van der Waals surface area contributed by atoms with Gasteiger partial charge in [-0.3, -0.25) is 20.2 Å². The van der Waals surface area contributed by atoms with Crippen molar-refractivity contribution in [3.63, 3.8) is 0 Å². The second kappa shape index (κ2) is 10.2. The van der Waals surface area contributed by atoms with Crippen molar-refractivity contribution in [2.24, 2.45) is 0 Å². The molecule has 0 aromatic rings. The molecule has 0 rings (SSSR count). The molecule has 0 heterocycles. The second-order valence-electron chi connectivity index (χ2n) is 5.35. The molecule has 0 radical (unpaired) electrons. The van der Waals surface area contributed by atoms with E-state index in [1.807, 2.05) is 0 Å². The van der Waals surface area contributed by atoms with Gasteiger partial charge in [-0.25, -0.2) is 0 Å². The number of rotatable bonds is 6. The third-order valence-corrected chi connectivity index (χ3v) is 2.57. The Bertz CT molecular complexity index is 253. The largest absolute Gasteiger partial charge is 2.00 e. The Morgan fingerprint density at radius 1 is 0.842 bits per heavy atom. The Balaban J connectivity index is -0.000000256. The van der Waals surface area contributed by atoms with Crippen LogP contribution in [0.2, 0.25) is 0 Å². The van der Waals surface area contributed by atoms with Crippen molar-refractivity contribution in [1.29, 1.82) is 0 Å². The van der Waals surface area contributed by atoms with Crippen molar-refractivity contribution >= 4 is 0 Å². The first-order chi connectivity index (χ1) is 8.01. The Kier molecular flexibility index (Phi) is 12.7. The van der Waals surface area contributed by atoms with Crippen LogP contribution in [0, 0.1) is 34.1 Å². The summed E-state index contributed by atoms with van der Waals surface area (Å²) in [5.41, 5.74) is -1.58. The molecular weight excluding hydrogens is 302 g/mol. The molecule has 0 spiro atoms. The summed E-state index contributed by atoms with van der Waals surface area (Å²) in [6, 6.07) is 0. The third kappa shape index (κ3) is 11.0. The number of nitrogens with zero attached hydrogens (tertiary/aromatic N) is 2. The van der Waals surface area contributed by atoms with Crippen LogP contribution in [0.25, 0.3) is 0 Å². The summed E-state index contributed by atoms with van der Waals surface area (Å²) < 4.78 is 0. The molecule has 0 fully saturated rings. The predicted octanol–water partition coefficient (Wildman–Crippen LogP) is 3.31. The topological polar surface area (TPSA) is 86.3 Å². The van der Waals surface area contributed by atoms with Gasteiger partial charge in [-0.1, -0.05) is 0 Å². The van der Waals surface area contributed by atoms with Crippen molar-refractivity contribution < 1.29 is 29.3 Å². The van der Waals surface area contributed by atoms with Gasteiger partial charge in [0.2, 0.25) is 11.1 Å². The summed E-state index contributed by atoms with van der Waals surface area (Å²) in [6.07, 6.45) is 2.32. The molecule has 0 unspecified atom stereocenters. The maximum atomic E-state index is 10.2. The van der Waals surface area contributed by atoms with Crippen molar-refractivity contribution in [3.05, 3.63) is 34.1 Å². The van der Waals surface area contributed by atoms with Gasteiger partial charge >= 0.3 is 19.5 Å². The fourth-order valence-corrected chi connectivity index (χ4v) is 1.05. The molecule has 0 saturated carbocycles. The number of hydrogen-bond donors (Lipinski definition) is 0. The first-order valence-electron chi connectivity index (χ1n) is 5.88. The summed E-state index contributed by atoms with van der Waals surface area (Å²) in [4.78, 5) is 19.8. The first kappa shape index (κ1) is 23.5. The van der Waals surface area contributed by atoms with Gasteiger partial charge in [-0.2, -0.15) is 12.8 Å². The molecule has 0 saturated heterocycles. The van der Waals surface area contributed by atoms with Crippen LogP contribution in [-0.2, 0) is 19.5 Å². The van der Waals surface area contributed by atoms with Gasteiger partial charge in [-0.15, -0.1) is 0 Å². The summed E-state index contributed by atoms with van der Waals surface area (Å²) in [5.74, 6) is 0. The van der Waals surface area contributed by atoms with E-state index in [0.29, 0.717) is 25.7 Å². The molecule has 0 aromatic carbocycles. The number of nitro groups is 2. The maximum Gasteiger partial charge on any atom is 2.00 e. The summed E-state index contributed by atoms with van der Waals surface area (Å²) >= 11 is 0. The van der Waals surface area contributed by atoms with E-state index in [1.165, 1.54) is 0 Å². The molecule has 0 amide bonds. The van der Waals surface area contributed by atoms with E-state index in [1.54, 1.807) is 27.7 Å². The zero-order chi connectivity index (χ0) is 15.0. The standard InChI is InChI=1S/2C6H12NO2.Zn/c2*1-4-5-6(2,3)7(8)9;/h2*1,4-5H2,2-3H3;/q2*-1;+2. The van der Waals surface area contributed by atoms with E-state index in [2.05, 4.69) is 13.8 Å². The normalized spacial score (nSPS) is 10.8. The maximum absolute atomic E-state index is 10.2. The van der Waals surface area contributed by atoms with Crippen molar-refractivity contribution in [2.75, 3.05) is 0 Å². The van der Waals surface area contributed by atoms with Crippen LogP contribution in [0.5, 0.6) is 0 Å². The molecule has 0 aromatic heterocycles. The molecule has 7 heteroatoms. The quantitative estimate of drug-likeness (QED) is 0.324. The van der Waals surface area contributed by atoms with Gasteiger partial charge in [0, 0.05) is 37.5 Å². The molecule has 0 aliphatic rings. The van der Waals surface area contributed by atoms with Crippen LogP contribution < -0.4 is 0 Å². The zero-order valence-corrected chi connectivity index (χ0v) is 15.4. The average molecular weight is 326 g/mol. The van der Waals surface area contributed by atoms with Gasteiger partial charge in [0.15, 0.2) is 0 Å². The minimum atomic E-state index is -0.790. The van der Waals surface area contributed by atoms with E-state index in [9.17, 15) is 20.2 Å². The van der Waals surface area contributed by atoms with E-state index in [0.717, 1.165) is 0 Å². The van der Waals surface area contributed by atoms with Crippen LogP contribution in [0.4, 0.5) is 0 Å². The first-order valence-corrected chi connectivity index (χ1v) is 5.88. The van der Waals surface area contributed by atoms with Crippen LogP contribution in [0.1, 0.15) is 53.4 Å². The third-order valence-electron chi connectivity index (χ3n) is 2.57. The molecule has 108 valence electrons. The van der Waals surface area contributed by atoms with Crippen LogP contribution >= 0.6 is 0 Å². The van der Waals surface area contributed by atoms with Gasteiger partial charge < -0.3 is 13.8 Å². The van der Waals surface area contributed by atoms with Crippen molar-refractivity contribution in [1.82, 2.24) is 0 Å². The second-order valence-corrected chi connectivity index (χ2v) is 5.35. The molecule has 6 nitrogen and oxygen atoms in total. The van der Waals surface area contributed by atoms with Crippen molar-refractivity contribution in [2.45, 2.75) is 64.5 Å². The van der Waals surface area contributed by atoms with Crippen LogP contribution in [0.3, 0.4) is 0 Å². The van der Waals surface area contributed by atoms with Gasteiger partial charge in [0.05, 0.1) is 0 Å². The average Bonchev–Trinajstić information content (AvgIpc) is 2.17. The molecule has 0 aliphatic heterocycles. The molecule has 0 bridgehead atoms. The summed E-state index contributed by atoms with van der Waals surface area (Å²) in [7, 11) is 0. The van der Waals surface area contributed by atoms with E-state index < -0.39 is 11.1 Å². The van der Waals surface area contributed by atoms with Crippen LogP contribution in [-0.4, -0.2) is 20.9 Å². The minimum absolute atomic E-state index is 0. The molecular formula is C12H24N2O4Zn. The van der Waals surface area contributed by atoms with Gasteiger partial charge in [0.25, 0.3) is 0 Å². The Hall–Kier alpha value is -0.577. The summed E-state index contributed by atoms with van der Waals surface area (Å²) in [5, 5.41) is 20.4. The molecule has 0 aliphatic carbocycles. The Morgan fingerprint density at radius 2 is 1.05 bits per heavy atom. The number of hydrogen-bond acceptors (Lipinski definition) is 4. The SMILES string of the molecule is [CH2-]CCC(C)(C)[N+](=O)[O-].[CH2-]CCC(C)(C)[N+](=O)[O-].[Zn+2]. The summed E-state index contributed by atoms with van der Waals surface area (Å²) in [6.45, 7) is 13.5. The van der Waals surface area contributed by atoms with E-state index >= 15 is 0 Å². The smallest absolute Gasteiger partial charge is 0.343 e. The molecule has 0 atom stereocenters. The molecule has 19 heavy (non-hydrogen) atoms. The predicted molar refractivity (Wildman–Crippen MR) is 71.3 cm³/mol. The van der Waals surface area contributed by atoms with Crippen molar-refractivity contribution in [3.8, 4) is 0 Å². The van der Waals surface area contributed by atoms with Gasteiger partial charge in [-0.05, 0) is 12.8 Å².